The number of halogens is 4. The second-order valence-corrected chi connectivity index (χ2v) is 15.2. The molecule has 0 unspecified atom stereocenters. The minimum Gasteiger partial charge on any atom is -0.486 e. The number of ketones is 2. The minimum absolute atomic E-state index is 0.129. The Labute approximate surface area is 263 Å². The molecule has 0 amide bonds. The van der Waals surface area contributed by atoms with Crippen LogP contribution in [0.25, 0.3) is 0 Å². The Balaban J connectivity index is 1.61. The number of hydrogen-bond donors (Lipinski definition) is 0. The van der Waals surface area contributed by atoms with Crippen molar-refractivity contribution in [3.8, 4) is 5.75 Å². The quantitative estimate of drug-likeness (QED) is 0.310. The third-order valence-corrected chi connectivity index (χ3v) is 9.84. The lowest BCUT2D eigenvalue weighted by molar-refractivity contribution is -0.119. The van der Waals surface area contributed by atoms with E-state index in [4.69, 9.17) is 27.9 Å². The smallest absolute Gasteiger partial charge is 0.162 e. The zero-order chi connectivity index (χ0) is 29.1. The summed E-state index contributed by atoms with van der Waals surface area (Å²) in [6.45, 7) is 11.7. The molecule has 8 heteroatoms. The third kappa shape index (κ3) is 5.58. The molecule has 0 saturated heterocycles. The van der Waals surface area contributed by atoms with E-state index in [-0.39, 0.29) is 29.0 Å². The van der Waals surface area contributed by atoms with E-state index in [1.807, 2.05) is 18.2 Å². The number of benzene rings is 2. The van der Waals surface area contributed by atoms with Crippen molar-refractivity contribution < 1.29 is 14.3 Å². The largest absolute Gasteiger partial charge is 0.486 e. The van der Waals surface area contributed by atoms with Crippen LogP contribution in [0.15, 0.2) is 61.8 Å². The summed E-state index contributed by atoms with van der Waals surface area (Å²) in [6.07, 6.45) is 2.53. The summed E-state index contributed by atoms with van der Waals surface area (Å²) in [5, 5.41) is 1.11. The first-order valence-electron chi connectivity index (χ1n) is 13.6. The maximum atomic E-state index is 13.9. The van der Waals surface area contributed by atoms with Crippen LogP contribution in [0.2, 0.25) is 10.0 Å². The van der Waals surface area contributed by atoms with Crippen LogP contribution in [0.1, 0.15) is 77.3 Å². The predicted molar refractivity (Wildman–Crippen MR) is 168 cm³/mol. The minimum atomic E-state index is -0.410. The molecule has 1 heterocycles. The molecule has 2 aromatic rings. The summed E-state index contributed by atoms with van der Waals surface area (Å²) in [5.74, 6) is 0.469. The highest BCUT2D eigenvalue weighted by molar-refractivity contribution is 9.11. The highest BCUT2D eigenvalue weighted by Crippen LogP contribution is 2.55. The van der Waals surface area contributed by atoms with Crippen LogP contribution in [-0.4, -0.2) is 23.0 Å². The number of Topliss-reactive ketones (excluding diaryl/α,β-unsaturated/α-hetero) is 2. The van der Waals surface area contributed by atoms with E-state index in [0.717, 1.165) is 62.0 Å². The van der Waals surface area contributed by atoms with Crippen molar-refractivity contribution in [1.82, 2.24) is 4.90 Å². The molecule has 2 aromatic carbocycles. The van der Waals surface area contributed by atoms with Crippen LogP contribution >= 0.6 is 55.1 Å². The summed E-state index contributed by atoms with van der Waals surface area (Å²) in [7, 11) is 0. The zero-order valence-corrected chi connectivity index (χ0v) is 28.1. The van der Waals surface area contributed by atoms with Gasteiger partial charge in [-0.3, -0.25) is 9.59 Å². The van der Waals surface area contributed by atoms with Crippen molar-refractivity contribution in [3.63, 3.8) is 0 Å². The van der Waals surface area contributed by atoms with E-state index in [0.29, 0.717) is 28.6 Å². The molecule has 0 bridgehead atoms. The number of ether oxygens (including phenoxy) is 1. The van der Waals surface area contributed by atoms with Crippen LogP contribution in [-0.2, 0) is 16.2 Å². The molecule has 3 aliphatic rings. The maximum Gasteiger partial charge on any atom is 0.162 e. The van der Waals surface area contributed by atoms with E-state index in [1.54, 1.807) is 12.1 Å². The first-order valence-corrected chi connectivity index (χ1v) is 15.9. The van der Waals surface area contributed by atoms with Gasteiger partial charge in [0.1, 0.15) is 12.4 Å². The Morgan fingerprint density at radius 1 is 0.875 bits per heavy atom. The number of carbonyl (C=O) groups is 2. The van der Waals surface area contributed by atoms with Crippen LogP contribution in [0.3, 0.4) is 0 Å². The lowest BCUT2D eigenvalue weighted by Gasteiger charge is -2.49. The number of hydrogen-bond acceptors (Lipinski definition) is 4. The standard InChI is InChI=1S/C32H33Br2Cl2NO3/c1-6-37-23-12-31(2,3)14-25(38)28(23)27(29-24(37)13-32(4,5)15-26(29)39)18-9-20(33)30(21(34)10-18)40-16-17-7-8-19(35)11-22(17)36/h7-11,27H,6,12-16H2,1-5H3. The molecule has 0 spiro atoms. The molecule has 0 atom stereocenters. The summed E-state index contributed by atoms with van der Waals surface area (Å²) in [4.78, 5) is 30.0. The van der Waals surface area contributed by atoms with Gasteiger partial charge in [0.15, 0.2) is 11.6 Å². The van der Waals surface area contributed by atoms with E-state index in [9.17, 15) is 9.59 Å². The number of nitrogens with zero attached hydrogens (tertiary/aromatic N) is 1. The third-order valence-electron chi connectivity index (χ3n) is 8.08. The van der Waals surface area contributed by atoms with Crippen molar-refractivity contribution in [2.24, 2.45) is 10.8 Å². The molecule has 0 radical (unpaired) electrons. The van der Waals surface area contributed by atoms with Gasteiger partial charge in [0, 0.05) is 63.5 Å². The molecule has 1 aliphatic heterocycles. The fourth-order valence-electron chi connectivity index (χ4n) is 6.44. The van der Waals surface area contributed by atoms with Crippen molar-refractivity contribution in [2.75, 3.05) is 6.54 Å². The van der Waals surface area contributed by atoms with Gasteiger partial charge in [-0.15, -0.1) is 0 Å². The Morgan fingerprint density at radius 3 is 1.88 bits per heavy atom. The lowest BCUT2D eigenvalue weighted by atomic mass is 9.63. The van der Waals surface area contributed by atoms with E-state index in [1.165, 1.54) is 0 Å². The summed E-state index contributed by atoms with van der Waals surface area (Å²) in [5.41, 5.74) is 5.13. The summed E-state index contributed by atoms with van der Waals surface area (Å²) in [6, 6.07) is 9.30. The first-order chi connectivity index (χ1) is 18.7. The van der Waals surface area contributed by atoms with Crippen molar-refractivity contribution >= 4 is 66.6 Å². The Bertz CT molecular complexity index is 1410. The lowest BCUT2D eigenvalue weighted by Crippen LogP contribution is -2.44. The highest BCUT2D eigenvalue weighted by atomic mass is 79.9. The van der Waals surface area contributed by atoms with Gasteiger partial charge >= 0.3 is 0 Å². The fraction of sp³-hybridized carbons (Fsp3) is 0.438. The Hall–Kier alpha value is -1.60. The van der Waals surface area contributed by atoms with Crippen molar-refractivity contribution in [1.29, 1.82) is 0 Å². The molecule has 4 nitrogen and oxygen atoms in total. The van der Waals surface area contributed by atoms with Gasteiger partial charge in [-0.05, 0) is 92.3 Å². The molecule has 0 saturated carbocycles. The van der Waals surface area contributed by atoms with Crippen LogP contribution in [0, 0.1) is 10.8 Å². The van der Waals surface area contributed by atoms with E-state index < -0.39 is 5.92 Å². The molecule has 5 rings (SSSR count). The highest BCUT2D eigenvalue weighted by Gasteiger charge is 2.48. The number of carbonyl (C=O) groups excluding carboxylic acids is 2. The summed E-state index contributed by atoms with van der Waals surface area (Å²) < 4.78 is 7.64. The first kappa shape index (κ1) is 29.9. The molecule has 0 fully saturated rings. The topological polar surface area (TPSA) is 46.6 Å². The summed E-state index contributed by atoms with van der Waals surface area (Å²) >= 11 is 19.8. The SMILES string of the molecule is CCN1C2=C(C(=O)CC(C)(C)C2)C(c2cc(Br)c(OCc3ccc(Cl)cc3Cl)c(Br)c2)C2=C1CC(C)(C)CC2=O. The molecule has 40 heavy (non-hydrogen) atoms. The van der Waals surface area contributed by atoms with Gasteiger partial charge < -0.3 is 9.64 Å². The molecule has 212 valence electrons. The number of allylic oxidation sites excluding steroid dienone is 4. The van der Waals surface area contributed by atoms with Gasteiger partial charge in [-0.2, -0.15) is 0 Å². The van der Waals surface area contributed by atoms with Gasteiger partial charge in [0.05, 0.1) is 8.95 Å². The fourth-order valence-corrected chi connectivity index (χ4v) is 8.35. The van der Waals surface area contributed by atoms with Crippen LogP contribution in [0.4, 0.5) is 0 Å². The predicted octanol–water partition coefficient (Wildman–Crippen LogP) is 9.80. The molecular weight excluding hydrogens is 677 g/mol. The Morgan fingerprint density at radius 2 is 1.40 bits per heavy atom. The molecule has 0 aromatic heterocycles. The molecule has 0 N–H and O–H groups in total. The van der Waals surface area contributed by atoms with Gasteiger partial charge in [-0.25, -0.2) is 0 Å². The van der Waals surface area contributed by atoms with Crippen LogP contribution < -0.4 is 4.74 Å². The zero-order valence-electron chi connectivity index (χ0n) is 23.4. The molecular formula is C32H33Br2Cl2NO3. The second-order valence-electron chi connectivity index (χ2n) is 12.6. The van der Waals surface area contributed by atoms with Crippen molar-refractivity contribution in [3.05, 3.63) is 83.0 Å². The molecule has 2 aliphatic carbocycles. The average Bonchev–Trinajstić information content (AvgIpc) is 2.82. The van der Waals surface area contributed by atoms with Gasteiger partial charge in [0.25, 0.3) is 0 Å². The normalized spacial score (nSPS) is 20.6. The van der Waals surface area contributed by atoms with E-state index in [2.05, 4.69) is 71.4 Å². The second kappa shape index (κ2) is 10.9. The number of rotatable bonds is 5. The van der Waals surface area contributed by atoms with Crippen molar-refractivity contribution in [2.45, 2.75) is 72.8 Å². The Kier molecular flexibility index (Phi) is 8.15. The average molecular weight is 710 g/mol. The monoisotopic (exact) mass is 707 g/mol. The maximum absolute atomic E-state index is 13.9. The van der Waals surface area contributed by atoms with Gasteiger partial charge in [-0.1, -0.05) is 57.0 Å². The van der Waals surface area contributed by atoms with Gasteiger partial charge in [0.2, 0.25) is 0 Å². The van der Waals surface area contributed by atoms with Crippen LogP contribution in [0.5, 0.6) is 5.75 Å². The van der Waals surface area contributed by atoms with E-state index >= 15 is 0 Å².